The molecule has 4 heterocycles. The van der Waals surface area contributed by atoms with E-state index in [1.807, 2.05) is 48.2 Å². The largest absolute Gasteiger partial charge is 0.452 e. The summed E-state index contributed by atoms with van der Waals surface area (Å²) in [5.74, 6) is 2.45. The van der Waals surface area contributed by atoms with E-state index in [0.29, 0.717) is 17.5 Å². The summed E-state index contributed by atoms with van der Waals surface area (Å²) in [5.41, 5.74) is 12.2. The molecule has 2 aliphatic heterocycles. The quantitative estimate of drug-likeness (QED) is 0.136. The topological polar surface area (TPSA) is 140 Å². The van der Waals surface area contributed by atoms with E-state index in [2.05, 4.69) is 93.1 Å². The van der Waals surface area contributed by atoms with E-state index in [0.717, 1.165) is 119 Å². The molecule has 12 nitrogen and oxygen atoms in total. The Hall–Kier alpha value is -6.95. The first-order chi connectivity index (χ1) is 32.3. The third kappa shape index (κ3) is 7.65. The fraction of sp³-hybridized carbons (Fsp3) is 0.352. The first kappa shape index (κ1) is 41.7. The normalized spacial score (nSPS) is 23.1. The lowest BCUT2D eigenvalue weighted by molar-refractivity contribution is -0.136. The van der Waals surface area contributed by atoms with Gasteiger partial charge in [0.15, 0.2) is 0 Å². The van der Waals surface area contributed by atoms with E-state index in [1.54, 1.807) is 12.1 Å². The molecule has 2 aromatic heterocycles. The molecule has 336 valence electrons. The summed E-state index contributed by atoms with van der Waals surface area (Å²) in [4.78, 5) is 63.1. The summed E-state index contributed by atoms with van der Waals surface area (Å²) in [6.07, 6.45) is 9.78. The van der Waals surface area contributed by atoms with E-state index in [9.17, 15) is 14.4 Å². The molecule has 0 spiro atoms. The van der Waals surface area contributed by atoms with Crippen molar-refractivity contribution in [2.24, 2.45) is 11.8 Å². The summed E-state index contributed by atoms with van der Waals surface area (Å²) >= 11 is 0. The zero-order valence-electron chi connectivity index (χ0n) is 37.5. The number of anilines is 1. The van der Waals surface area contributed by atoms with Gasteiger partial charge in [0.1, 0.15) is 11.6 Å². The van der Waals surface area contributed by atoms with E-state index >= 15 is 0 Å². The minimum absolute atomic E-state index is 0.0340. The van der Waals surface area contributed by atoms with Gasteiger partial charge in [0, 0.05) is 12.1 Å². The Morgan fingerprint density at radius 1 is 0.636 bits per heavy atom. The number of para-hydroxylation sites is 1. The van der Waals surface area contributed by atoms with Crippen LogP contribution in [0, 0.1) is 11.8 Å². The predicted molar refractivity (Wildman–Crippen MR) is 256 cm³/mol. The molecular formula is C54H56N8O4. The van der Waals surface area contributed by atoms with E-state index in [-0.39, 0.29) is 42.0 Å². The predicted octanol–water partition coefficient (Wildman–Crippen LogP) is 11.6. The van der Waals surface area contributed by atoms with Crippen LogP contribution < -0.4 is 10.4 Å². The number of fused-ring (bicyclic) bond motifs is 4. The summed E-state index contributed by atoms with van der Waals surface area (Å²) in [6.45, 7) is 2.04. The number of benzene rings is 5. The number of H-pyrrole nitrogens is 2. The van der Waals surface area contributed by atoms with Crippen LogP contribution in [0.4, 0.5) is 15.3 Å². The number of aromatic nitrogens is 4. The van der Waals surface area contributed by atoms with Crippen LogP contribution in [-0.4, -0.2) is 67.0 Å². The lowest BCUT2D eigenvalue weighted by atomic mass is 9.84. The maximum absolute atomic E-state index is 14.6. The summed E-state index contributed by atoms with van der Waals surface area (Å²) in [7, 11) is 1.29. The Morgan fingerprint density at radius 3 is 1.67 bits per heavy atom. The van der Waals surface area contributed by atoms with Crippen LogP contribution in [0.15, 0.2) is 121 Å². The molecular weight excluding hydrogens is 825 g/mol. The van der Waals surface area contributed by atoms with Crippen LogP contribution in [0.25, 0.3) is 44.3 Å². The van der Waals surface area contributed by atoms with Crippen molar-refractivity contribution in [3.63, 3.8) is 0 Å². The molecule has 7 atom stereocenters. The van der Waals surface area contributed by atoms with Crippen LogP contribution in [0.1, 0.15) is 106 Å². The number of urea groups is 1. The van der Waals surface area contributed by atoms with Gasteiger partial charge < -0.3 is 24.5 Å². The highest BCUT2D eigenvalue weighted by molar-refractivity contribution is 5.95. The monoisotopic (exact) mass is 880 g/mol. The first-order valence-electron chi connectivity index (χ1n) is 23.8. The van der Waals surface area contributed by atoms with Crippen molar-refractivity contribution in [3.8, 4) is 22.3 Å². The maximum atomic E-state index is 14.6. The average molecular weight is 881 g/mol. The van der Waals surface area contributed by atoms with Crippen molar-refractivity contribution in [1.29, 1.82) is 0 Å². The van der Waals surface area contributed by atoms with Crippen LogP contribution in [-0.2, 0) is 9.53 Å². The Bertz CT molecular complexity index is 2900. The third-order valence-electron chi connectivity index (χ3n) is 15.1. The molecule has 4 amide bonds. The molecule has 0 radical (unpaired) electrons. The fourth-order valence-corrected chi connectivity index (χ4v) is 11.7. The molecule has 2 saturated heterocycles. The highest BCUT2D eigenvalue weighted by atomic mass is 16.5. The van der Waals surface area contributed by atoms with Gasteiger partial charge >= 0.3 is 12.1 Å². The smallest absolute Gasteiger partial charge is 0.426 e. The molecule has 4 aliphatic rings. The molecule has 66 heavy (non-hydrogen) atoms. The molecule has 0 bridgehead atoms. The molecule has 2 saturated carbocycles. The van der Waals surface area contributed by atoms with Gasteiger partial charge in [-0.05, 0) is 121 Å². The Labute approximate surface area is 384 Å². The van der Waals surface area contributed by atoms with Crippen molar-refractivity contribution in [3.05, 3.63) is 139 Å². The van der Waals surface area contributed by atoms with Crippen LogP contribution in [0.3, 0.4) is 0 Å². The second-order valence-electron chi connectivity index (χ2n) is 18.9. The van der Waals surface area contributed by atoms with Crippen molar-refractivity contribution in [1.82, 2.24) is 35.2 Å². The van der Waals surface area contributed by atoms with E-state index in [1.165, 1.54) is 18.5 Å². The summed E-state index contributed by atoms with van der Waals surface area (Å²) < 4.78 is 4.92. The molecule has 11 rings (SSSR count). The molecule has 2 aliphatic carbocycles. The maximum Gasteiger partial charge on any atom is 0.426 e. The van der Waals surface area contributed by atoms with E-state index in [4.69, 9.17) is 14.7 Å². The highest BCUT2D eigenvalue weighted by Crippen LogP contribution is 2.48. The second kappa shape index (κ2) is 17.5. The Kier molecular flexibility index (Phi) is 11.0. The molecule has 3 N–H and O–H groups in total. The van der Waals surface area contributed by atoms with Crippen LogP contribution >= 0.6 is 0 Å². The number of hydrazine groups is 1. The highest BCUT2D eigenvalue weighted by Gasteiger charge is 2.49. The number of nitrogens with one attached hydrogen (secondary N) is 3. The number of methoxy groups -OCH3 is 1. The van der Waals surface area contributed by atoms with Crippen molar-refractivity contribution >= 4 is 45.8 Å². The van der Waals surface area contributed by atoms with Gasteiger partial charge in [-0.1, -0.05) is 111 Å². The second-order valence-corrected chi connectivity index (χ2v) is 18.9. The zero-order chi connectivity index (χ0) is 44.9. The molecule has 5 aromatic carbocycles. The fourth-order valence-electron chi connectivity index (χ4n) is 11.7. The molecule has 7 aromatic rings. The number of rotatable bonds is 7. The number of carbonyl (C=O) groups is 3. The molecule has 4 fully saturated rings. The third-order valence-corrected chi connectivity index (χ3v) is 15.1. The van der Waals surface area contributed by atoms with E-state index < -0.39 is 6.09 Å². The van der Waals surface area contributed by atoms with Crippen LogP contribution in [0.2, 0.25) is 0 Å². The number of hydrogen-bond acceptors (Lipinski definition) is 6. The molecule has 12 heteroatoms. The average Bonchev–Trinajstić information content (AvgIpc) is 4.17. The number of nitrogens with zero attached hydrogens (tertiary/aromatic N) is 5. The number of hydrogen-bond donors (Lipinski definition) is 3. The van der Waals surface area contributed by atoms with Crippen molar-refractivity contribution in [2.45, 2.75) is 101 Å². The number of carbonyl (C=O) groups excluding carboxylic acids is 3. The van der Waals surface area contributed by atoms with Gasteiger partial charge in [0.25, 0.3) is 0 Å². The van der Waals surface area contributed by atoms with Gasteiger partial charge in [-0.2, -0.15) is 5.01 Å². The standard InChI is InChI=1S/C54H56N8O4/c1-33(34-13-5-3-6-14-34)52(63)60-46-19-11-9-15-39(46)31-48(60)50-55-42-27-25-37(29-44(42)57-50)35-21-23-36(24-22-35)38-26-28-43-45(30-38)58-51(56-43)49-32-40-16-10-12-20-47(40)61(49)54(65)62(59-53(64)66-2)41-17-7-4-8-18-41/h3-8,13-14,17-18,21-30,33,39-40,46-49H,9-12,15-16,19-20,31-32H2,1-2H3,(H,55,57)(H,56,58)(H,59,64)/t33-,39-,40-,46-,47-,48+,49+/m1/s1. The lowest BCUT2D eigenvalue weighted by Gasteiger charge is -2.36. The van der Waals surface area contributed by atoms with Gasteiger partial charge in [-0.3, -0.25) is 4.79 Å². The first-order valence-corrected chi connectivity index (χ1v) is 23.8. The number of imidazole rings is 2. The molecule has 0 unspecified atom stereocenters. The SMILES string of the molecule is COC(=O)NN(C(=O)N1[C@@H]2CCCC[C@@H]2C[C@H]1c1nc2cc(-c3ccc(-c4ccc5[nH]c([C@@H]6C[C@H]7CCCC[C@H]7N6C(=O)[C@H](C)c6ccccc6)nc5c4)cc3)ccc2[nH]1)c1ccccc1. The number of ether oxygens (including phenoxy) is 1. The zero-order valence-corrected chi connectivity index (χ0v) is 37.5. The van der Waals surface area contributed by atoms with Crippen LogP contribution in [0.5, 0.6) is 0 Å². The van der Waals surface area contributed by atoms with Gasteiger partial charge in [-0.15, -0.1) is 0 Å². The Morgan fingerprint density at radius 2 is 1.12 bits per heavy atom. The minimum atomic E-state index is -0.715. The lowest BCUT2D eigenvalue weighted by Crippen LogP contribution is -2.55. The van der Waals surface area contributed by atoms with Crippen molar-refractivity contribution < 1.29 is 19.1 Å². The number of aromatic amines is 2. The Balaban J connectivity index is 0.837. The minimum Gasteiger partial charge on any atom is -0.452 e. The van der Waals surface area contributed by atoms with Gasteiger partial charge in [-0.25, -0.2) is 25.0 Å². The van der Waals surface area contributed by atoms with Crippen molar-refractivity contribution in [2.75, 3.05) is 12.1 Å². The summed E-state index contributed by atoms with van der Waals surface area (Å²) in [6, 6.07) is 40.2. The number of likely N-dealkylation sites (tertiary alicyclic amines) is 2. The van der Waals surface area contributed by atoms with Gasteiger partial charge in [0.2, 0.25) is 5.91 Å². The summed E-state index contributed by atoms with van der Waals surface area (Å²) in [5, 5.41) is 1.30. The number of amides is 4. The van der Waals surface area contributed by atoms with Gasteiger partial charge in [0.05, 0.1) is 52.9 Å².